The van der Waals surface area contributed by atoms with Crippen molar-refractivity contribution in [2.45, 2.75) is 0 Å². The van der Waals surface area contributed by atoms with E-state index in [-0.39, 0.29) is 6.54 Å². The second-order valence-electron chi connectivity index (χ2n) is 3.17. The van der Waals surface area contributed by atoms with E-state index in [1.165, 1.54) is 6.08 Å². The van der Waals surface area contributed by atoms with Crippen molar-refractivity contribution in [2.75, 3.05) is 6.54 Å². The van der Waals surface area contributed by atoms with E-state index >= 15 is 0 Å². The van der Waals surface area contributed by atoms with E-state index in [4.69, 9.17) is 5.53 Å². The third-order valence-corrected chi connectivity index (χ3v) is 2.02. The number of azide groups is 1. The summed E-state index contributed by atoms with van der Waals surface area (Å²) >= 11 is 0. The highest BCUT2D eigenvalue weighted by Gasteiger charge is 2.28. The fourth-order valence-corrected chi connectivity index (χ4v) is 1.21. The van der Waals surface area contributed by atoms with Crippen LogP contribution in [0.4, 0.5) is 23.2 Å². The van der Waals surface area contributed by atoms with Gasteiger partial charge in [0, 0.05) is 11.5 Å². The van der Waals surface area contributed by atoms with Gasteiger partial charge in [-0.1, -0.05) is 11.2 Å². The van der Waals surface area contributed by atoms with Crippen molar-refractivity contribution < 1.29 is 22.4 Å². The monoisotopic (exact) mass is 274 g/mol. The third-order valence-electron chi connectivity index (χ3n) is 2.02. The molecular formula is C10H6F4N4O. The zero-order valence-electron chi connectivity index (χ0n) is 9.25. The zero-order chi connectivity index (χ0) is 14.6. The first kappa shape index (κ1) is 14.5. The molecule has 0 aliphatic heterocycles. The topological polar surface area (TPSA) is 77.9 Å². The molecule has 100 valence electrons. The summed E-state index contributed by atoms with van der Waals surface area (Å²) in [4.78, 5) is 13.4. The molecule has 0 fully saturated rings. The molecule has 5 nitrogen and oxygen atoms in total. The minimum absolute atomic E-state index is 0.154. The minimum Gasteiger partial charge on any atom is -0.348 e. The Labute approximate surface area is 104 Å². The number of hydrogen-bond donors (Lipinski definition) is 1. The first-order valence-corrected chi connectivity index (χ1v) is 4.75. The highest BCUT2D eigenvalue weighted by atomic mass is 19.2. The van der Waals surface area contributed by atoms with Crippen molar-refractivity contribution in [3.8, 4) is 0 Å². The molecule has 1 N–H and O–H groups in total. The molecule has 1 amide bonds. The number of hydrogen-bond acceptors (Lipinski definition) is 2. The van der Waals surface area contributed by atoms with Crippen molar-refractivity contribution in [2.24, 2.45) is 5.11 Å². The van der Waals surface area contributed by atoms with Crippen LogP contribution in [0.15, 0.2) is 17.8 Å². The van der Waals surface area contributed by atoms with E-state index in [1.807, 2.05) is 10.2 Å². The van der Waals surface area contributed by atoms with Crippen molar-refractivity contribution in [3.05, 3.63) is 51.9 Å². The Morgan fingerprint density at radius 1 is 1.26 bits per heavy atom. The van der Waals surface area contributed by atoms with Gasteiger partial charge >= 0.3 is 0 Å². The van der Waals surface area contributed by atoms with Crippen molar-refractivity contribution in [1.29, 1.82) is 0 Å². The molecule has 1 aromatic rings. The predicted octanol–water partition coefficient (Wildman–Crippen LogP) is 3.10. The van der Waals surface area contributed by atoms with Gasteiger partial charge in [0.1, 0.15) is 11.3 Å². The van der Waals surface area contributed by atoms with Gasteiger partial charge in [0.25, 0.3) is 5.91 Å². The first-order valence-electron chi connectivity index (χ1n) is 4.75. The molecule has 0 saturated carbocycles. The van der Waals surface area contributed by atoms with E-state index in [0.717, 1.165) is 0 Å². The van der Waals surface area contributed by atoms with Crippen molar-refractivity contribution >= 4 is 11.6 Å². The van der Waals surface area contributed by atoms with Crippen LogP contribution in [-0.4, -0.2) is 12.5 Å². The quantitative estimate of drug-likeness (QED) is 0.225. The Kier molecular flexibility index (Phi) is 4.49. The molecule has 0 spiro atoms. The van der Waals surface area contributed by atoms with E-state index in [9.17, 15) is 22.4 Å². The second-order valence-corrected chi connectivity index (χ2v) is 3.17. The van der Waals surface area contributed by atoms with E-state index in [2.05, 4.69) is 11.7 Å². The minimum atomic E-state index is -1.94. The van der Waals surface area contributed by atoms with Gasteiger partial charge in [0.2, 0.25) is 0 Å². The zero-order valence-corrected chi connectivity index (χ0v) is 9.25. The summed E-state index contributed by atoms with van der Waals surface area (Å²) in [5.41, 5.74) is 5.12. The summed E-state index contributed by atoms with van der Waals surface area (Å²) in [6.45, 7) is 3.09. The maximum Gasteiger partial charge on any atom is 0.257 e. The summed E-state index contributed by atoms with van der Waals surface area (Å²) in [6.07, 6.45) is 1.20. The molecule has 0 unspecified atom stereocenters. The molecule has 0 aromatic heterocycles. The Morgan fingerprint density at radius 3 is 2.21 bits per heavy atom. The lowest BCUT2D eigenvalue weighted by molar-refractivity contribution is 0.0947. The molecule has 0 heterocycles. The van der Waals surface area contributed by atoms with E-state index in [1.54, 1.807) is 0 Å². The van der Waals surface area contributed by atoms with Gasteiger partial charge in [0.05, 0.1) is 0 Å². The van der Waals surface area contributed by atoms with Crippen molar-refractivity contribution in [1.82, 2.24) is 5.32 Å². The number of halogens is 4. The van der Waals surface area contributed by atoms with Crippen LogP contribution >= 0.6 is 0 Å². The summed E-state index contributed by atoms with van der Waals surface area (Å²) in [5, 5.41) is 4.46. The van der Waals surface area contributed by atoms with Gasteiger partial charge in [-0.05, 0) is 5.53 Å². The summed E-state index contributed by atoms with van der Waals surface area (Å²) in [7, 11) is 0. The van der Waals surface area contributed by atoms with Gasteiger partial charge in [-0.15, -0.1) is 6.58 Å². The molecular weight excluding hydrogens is 268 g/mol. The van der Waals surface area contributed by atoms with Crippen LogP contribution in [0.25, 0.3) is 10.4 Å². The summed E-state index contributed by atoms with van der Waals surface area (Å²) in [6, 6.07) is 0. The fourth-order valence-electron chi connectivity index (χ4n) is 1.21. The number of nitrogens with zero attached hydrogens (tertiary/aromatic N) is 3. The summed E-state index contributed by atoms with van der Waals surface area (Å²) < 4.78 is 53.6. The third kappa shape index (κ3) is 2.66. The SMILES string of the molecule is C=CCNC(=O)c1c(F)c(F)c(N=[N+]=[N-])c(F)c1F. The van der Waals surface area contributed by atoms with Gasteiger partial charge < -0.3 is 5.32 Å². The number of carbonyl (C=O) groups excluding carboxylic acids is 1. The number of carbonyl (C=O) groups is 1. The van der Waals surface area contributed by atoms with Gasteiger partial charge in [-0.3, -0.25) is 4.79 Å². The molecule has 1 aromatic carbocycles. The van der Waals surface area contributed by atoms with E-state index < -0.39 is 40.4 Å². The normalized spacial score (nSPS) is 9.68. The van der Waals surface area contributed by atoms with Crippen LogP contribution in [-0.2, 0) is 0 Å². The van der Waals surface area contributed by atoms with Crippen LogP contribution in [0, 0.1) is 23.3 Å². The van der Waals surface area contributed by atoms with Gasteiger partial charge in [0.15, 0.2) is 23.3 Å². The highest BCUT2D eigenvalue weighted by Crippen LogP contribution is 2.30. The van der Waals surface area contributed by atoms with E-state index in [0.29, 0.717) is 0 Å². The summed E-state index contributed by atoms with van der Waals surface area (Å²) in [5.74, 6) is -9.13. The van der Waals surface area contributed by atoms with Crippen LogP contribution in [0.1, 0.15) is 10.4 Å². The fraction of sp³-hybridized carbons (Fsp3) is 0.100. The first-order chi connectivity index (χ1) is 8.95. The maximum atomic E-state index is 13.5. The molecule has 0 saturated heterocycles. The average molecular weight is 274 g/mol. The highest BCUT2D eigenvalue weighted by molar-refractivity contribution is 5.95. The lowest BCUT2D eigenvalue weighted by Crippen LogP contribution is -2.26. The molecule has 0 aliphatic carbocycles. The van der Waals surface area contributed by atoms with Gasteiger partial charge in [-0.2, -0.15) is 0 Å². The molecule has 0 atom stereocenters. The largest absolute Gasteiger partial charge is 0.348 e. The molecule has 0 radical (unpaired) electrons. The molecule has 9 heteroatoms. The number of amides is 1. The average Bonchev–Trinajstić information content (AvgIpc) is 2.39. The smallest absolute Gasteiger partial charge is 0.257 e. The molecule has 1 rings (SSSR count). The Morgan fingerprint density at radius 2 is 1.79 bits per heavy atom. The number of benzene rings is 1. The van der Waals surface area contributed by atoms with Crippen LogP contribution in [0.2, 0.25) is 0 Å². The molecule has 0 aliphatic rings. The molecule has 0 bridgehead atoms. The lowest BCUT2D eigenvalue weighted by Gasteiger charge is -2.08. The Balaban J connectivity index is 3.47. The van der Waals surface area contributed by atoms with Gasteiger partial charge in [-0.25, -0.2) is 17.6 Å². The lowest BCUT2D eigenvalue weighted by atomic mass is 10.1. The van der Waals surface area contributed by atoms with Crippen LogP contribution < -0.4 is 5.32 Å². The Hall–Kier alpha value is -2.54. The van der Waals surface area contributed by atoms with Crippen molar-refractivity contribution in [3.63, 3.8) is 0 Å². The number of nitrogens with one attached hydrogen (secondary N) is 1. The number of rotatable bonds is 4. The van der Waals surface area contributed by atoms with Crippen LogP contribution in [0.5, 0.6) is 0 Å². The second kappa shape index (κ2) is 5.87. The van der Waals surface area contributed by atoms with Crippen LogP contribution in [0.3, 0.4) is 0 Å². The predicted molar refractivity (Wildman–Crippen MR) is 57.6 cm³/mol. The molecule has 19 heavy (non-hydrogen) atoms. The maximum absolute atomic E-state index is 13.5. The standard InChI is InChI=1S/C10H6F4N4O/c1-2-3-16-10(19)4-5(11)7(13)9(17-18-15)8(14)6(4)12/h2H,1,3H2,(H,16,19). The Bertz CT molecular complexity index is 567.